The van der Waals surface area contributed by atoms with E-state index in [1.54, 1.807) is 4.68 Å². The van der Waals surface area contributed by atoms with Crippen molar-refractivity contribution in [3.63, 3.8) is 0 Å². The number of aromatic nitrogens is 4. The first kappa shape index (κ1) is 13.1. The van der Waals surface area contributed by atoms with Crippen LogP contribution < -0.4 is 11.1 Å². The summed E-state index contributed by atoms with van der Waals surface area (Å²) in [6, 6.07) is 0. The third-order valence-electron chi connectivity index (χ3n) is 4.15. The molecule has 4 N–H and O–H groups in total. The number of carbonyl (C=O) groups excluding carboxylic acids is 1. The second-order valence-electron chi connectivity index (χ2n) is 5.68. The van der Waals surface area contributed by atoms with E-state index in [0.29, 0.717) is 5.82 Å². The van der Waals surface area contributed by atoms with E-state index >= 15 is 0 Å². The lowest BCUT2D eigenvalue weighted by molar-refractivity contribution is -0.122. The smallest absolute Gasteiger partial charge is 0.245 e. The van der Waals surface area contributed by atoms with Crippen molar-refractivity contribution in [3.8, 4) is 0 Å². The van der Waals surface area contributed by atoms with Crippen molar-refractivity contribution in [3.05, 3.63) is 5.69 Å². The van der Waals surface area contributed by atoms with Crippen LogP contribution in [0.15, 0.2) is 0 Å². The number of carbonyl (C=O) groups is 1. The summed E-state index contributed by atoms with van der Waals surface area (Å²) in [5.41, 5.74) is 7.04. The molecule has 0 spiro atoms. The van der Waals surface area contributed by atoms with Gasteiger partial charge in [0, 0.05) is 7.05 Å². The molecular formula is C13H20N6O. The van der Waals surface area contributed by atoms with Crippen molar-refractivity contribution in [2.75, 3.05) is 5.32 Å². The fourth-order valence-electron chi connectivity index (χ4n) is 2.97. The van der Waals surface area contributed by atoms with Gasteiger partial charge in [-0.3, -0.25) is 9.89 Å². The Morgan fingerprint density at radius 2 is 2.10 bits per heavy atom. The number of nitrogens with two attached hydrogens (primary N) is 1. The van der Waals surface area contributed by atoms with Crippen molar-refractivity contribution in [2.45, 2.75) is 44.6 Å². The van der Waals surface area contributed by atoms with E-state index in [1.165, 1.54) is 0 Å². The van der Waals surface area contributed by atoms with E-state index in [2.05, 4.69) is 20.6 Å². The number of hydrogen-bond acceptors (Lipinski definition) is 4. The Kier molecular flexibility index (Phi) is 3.01. The molecule has 2 aromatic heterocycles. The molecule has 0 bridgehead atoms. The molecule has 0 atom stereocenters. The molecule has 0 aliphatic heterocycles. The van der Waals surface area contributed by atoms with Crippen LogP contribution in [0.3, 0.4) is 0 Å². The van der Waals surface area contributed by atoms with E-state index in [1.807, 2.05) is 14.0 Å². The molecule has 0 saturated heterocycles. The maximum Gasteiger partial charge on any atom is 0.245 e. The molecule has 20 heavy (non-hydrogen) atoms. The van der Waals surface area contributed by atoms with E-state index in [9.17, 15) is 4.79 Å². The van der Waals surface area contributed by atoms with Gasteiger partial charge in [0.1, 0.15) is 5.82 Å². The summed E-state index contributed by atoms with van der Waals surface area (Å²) >= 11 is 0. The Morgan fingerprint density at radius 1 is 1.40 bits per heavy atom. The molecule has 7 heteroatoms. The first-order valence-corrected chi connectivity index (χ1v) is 6.99. The summed E-state index contributed by atoms with van der Waals surface area (Å²) in [5.74, 6) is 0.456. The lowest BCUT2D eigenvalue weighted by Crippen LogP contribution is -2.52. The lowest BCUT2D eigenvalue weighted by Gasteiger charge is -2.31. The van der Waals surface area contributed by atoms with Gasteiger partial charge >= 0.3 is 0 Å². The number of aromatic amines is 1. The minimum absolute atomic E-state index is 0.133. The first-order valence-electron chi connectivity index (χ1n) is 6.99. The minimum atomic E-state index is -0.758. The molecule has 0 unspecified atom stereocenters. The molecule has 1 aliphatic rings. The number of nitrogens with one attached hydrogen (secondary N) is 2. The number of aryl methyl sites for hydroxylation is 2. The molecule has 1 amide bonds. The Labute approximate surface area is 116 Å². The molecule has 2 aromatic rings. The van der Waals surface area contributed by atoms with Crippen LogP contribution in [0.5, 0.6) is 0 Å². The quantitative estimate of drug-likeness (QED) is 0.767. The number of fused-ring (bicyclic) bond motifs is 1. The standard InChI is InChI=1S/C13H20N6O/c1-8-9-10(16-17-11(9)19(2)18-8)15-12(20)13(14)6-4-3-5-7-13/h3-7,14H2,1-2H3,(H2,15,16,17,20). The summed E-state index contributed by atoms with van der Waals surface area (Å²) < 4.78 is 1.69. The third-order valence-corrected chi connectivity index (χ3v) is 4.15. The van der Waals surface area contributed by atoms with Gasteiger partial charge in [0.25, 0.3) is 0 Å². The summed E-state index contributed by atoms with van der Waals surface area (Å²) in [6.07, 6.45) is 4.65. The van der Waals surface area contributed by atoms with E-state index in [-0.39, 0.29) is 5.91 Å². The van der Waals surface area contributed by atoms with Gasteiger partial charge in [0.15, 0.2) is 5.65 Å². The van der Waals surface area contributed by atoms with Crippen LogP contribution in [-0.2, 0) is 11.8 Å². The highest BCUT2D eigenvalue weighted by atomic mass is 16.2. The number of anilines is 1. The predicted octanol–water partition coefficient (Wildman–Crippen LogP) is 1.20. The van der Waals surface area contributed by atoms with Crippen molar-refractivity contribution >= 4 is 22.8 Å². The summed E-state index contributed by atoms with van der Waals surface area (Å²) in [4.78, 5) is 12.4. The summed E-state index contributed by atoms with van der Waals surface area (Å²) in [5, 5.41) is 15.1. The highest BCUT2D eigenvalue weighted by Gasteiger charge is 2.35. The van der Waals surface area contributed by atoms with Crippen molar-refractivity contribution < 1.29 is 4.79 Å². The third kappa shape index (κ3) is 1.98. The molecule has 0 aromatic carbocycles. The molecular weight excluding hydrogens is 256 g/mol. The summed E-state index contributed by atoms with van der Waals surface area (Å²) in [6.45, 7) is 1.90. The van der Waals surface area contributed by atoms with Crippen LogP contribution in [0.1, 0.15) is 37.8 Å². The van der Waals surface area contributed by atoms with Gasteiger partial charge in [-0.05, 0) is 19.8 Å². The Bertz CT molecular complexity index is 649. The topological polar surface area (TPSA) is 102 Å². The average Bonchev–Trinajstić information content (AvgIpc) is 2.94. The second kappa shape index (κ2) is 4.59. The zero-order chi connectivity index (χ0) is 14.3. The second-order valence-corrected chi connectivity index (χ2v) is 5.68. The SMILES string of the molecule is Cc1nn(C)c2n[nH]c(NC(=O)C3(N)CCCCC3)c12. The van der Waals surface area contributed by atoms with Gasteiger partial charge in [-0.2, -0.15) is 10.2 Å². The Hall–Kier alpha value is -1.89. The van der Waals surface area contributed by atoms with Gasteiger partial charge in [0.2, 0.25) is 5.91 Å². The van der Waals surface area contributed by atoms with Crippen molar-refractivity contribution in [2.24, 2.45) is 12.8 Å². The Morgan fingerprint density at radius 3 is 2.80 bits per heavy atom. The van der Waals surface area contributed by atoms with E-state index < -0.39 is 5.54 Å². The largest absolute Gasteiger partial charge is 0.317 e. The number of rotatable bonds is 2. The molecule has 3 rings (SSSR count). The van der Waals surface area contributed by atoms with E-state index in [0.717, 1.165) is 48.8 Å². The molecule has 0 radical (unpaired) electrons. The maximum absolute atomic E-state index is 12.4. The number of H-pyrrole nitrogens is 1. The molecule has 2 heterocycles. The van der Waals surface area contributed by atoms with Crippen molar-refractivity contribution in [1.29, 1.82) is 0 Å². The van der Waals surface area contributed by atoms with Crippen LogP contribution in [0.2, 0.25) is 0 Å². The van der Waals surface area contributed by atoms with Crippen LogP contribution in [0.25, 0.3) is 11.0 Å². The molecule has 1 fully saturated rings. The molecule has 108 valence electrons. The molecule has 1 aliphatic carbocycles. The van der Waals surface area contributed by atoms with Crippen molar-refractivity contribution in [1.82, 2.24) is 20.0 Å². The van der Waals surface area contributed by atoms with Crippen LogP contribution in [0.4, 0.5) is 5.82 Å². The average molecular weight is 276 g/mol. The monoisotopic (exact) mass is 276 g/mol. The first-order chi connectivity index (χ1) is 9.51. The predicted molar refractivity (Wildman–Crippen MR) is 76.2 cm³/mol. The normalized spacial score (nSPS) is 18.4. The van der Waals surface area contributed by atoms with Crippen LogP contribution in [0, 0.1) is 6.92 Å². The van der Waals surface area contributed by atoms with Gasteiger partial charge in [-0.25, -0.2) is 4.68 Å². The highest BCUT2D eigenvalue weighted by molar-refractivity contribution is 6.03. The van der Waals surface area contributed by atoms with Crippen LogP contribution in [-0.4, -0.2) is 31.4 Å². The zero-order valence-electron chi connectivity index (χ0n) is 11.9. The van der Waals surface area contributed by atoms with Crippen LogP contribution >= 0.6 is 0 Å². The molecule has 7 nitrogen and oxygen atoms in total. The highest BCUT2D eigenvalue weighted by Crippen LogP contribution is 2.29. The summed E-state index contributed by atoms with van der Waals surface area (Å²) in [7, 11) is 1.83. The zero-order valence-corrected chi connectivity index (χ0v) is 11.9. The fraction of sp³-hybridized carbons (Fsp3) is 0.615. The Balaban J connectivity index is 1.87. The number of nitrogens with zero attached hydrogens (tertiary/aromatic N) is 3. The number of amides is 1. The lowest BCUT2D eigenvalue weighted by atomic mass is 9.82. The molecule has 1 saturated carbocycles. The van der Waals surface area contributed by atoms with Gasteiger partial charge in [0.05, 0.1) is 16.6 Å². The number of hydrogen-bond donors (Lipinski definition) is 3. The minimum Gasteiger partial charge on any atom is -0.317 e. The maximum atomic E-state index is 12.4. The fourth-order valence-corrected chi connectivity index (χ4v) is 2.97. The van der Waals surface area contributed by atoms with E-state index in [4.69, 9.17) is 5.73 Å². The van der Waals surface area contributed by atoms with Gasteiger partial charge in [-0.15, -0.1) is 0 Å². The van der Waals surface area contributed by atoms with Gasteiger partial charge < -0.3 is 11.1 Å². The van der Waals surface area contributed by atoms with Gasteiger partial charge in [-0.1, -0.05) is 19.3 Å².